The summed E-state index contributed by atoms with van der Waals surface area (Å²) in [7, 11) is 0. The van der Waals surface area contributed by atoms with Crippen LogP contribution in [-0.4, -0.2) is 18.3 Å². The van der Waals surface area contributed by atoms with Crippen LogP contribution in [0.3, 0.4) is 0 Å². The molecule has 0 radical (unpaired) electrons. The second-order valence-corrected chi connectivity index (χ2v) is 7.17. The summed E-state index contributed by atoms with van der Waals surface area (Å²) < 4.78 is 0. The van der Waals surface area contributed by atoms with Gasteiger partial charge < -0.3 is 5.32 Å². The SMILES string of the molecule is CCCNC(CSc1cccc(Cl)c1)C(C)(C)C. The van der Waals surface area contributed by atoms with Gasteiger partial charge in [-0.3, -0.25) is 0 Å². The summed E-state index contributed by atoms with van der Waals surface area (Å²) in [6.07, 6.45) is 1.18. The zero-order valence-corrected chi connectivity index (χ0v) is 13.4. The van der Waals surface area contributed by atoms with E-state index in [0.717, 1.165) is 17.3 Å². The molecule has 1 aromatic rings. The van der Waals surface area contributed by atoms with Crippen molar-refractivity contribution < 1.29 is 0 Å². The van der Waals surface area contributed by atoms with Gasteiger partial charge in [0, 0.05) is 21.7 Å². The first-order valence-corrected chi connectivity index (χ1v) is 7.91. The van der Waals surface area contributed by atoms with Gasteiger partial charge in [0.05, 0.1) is 0 Å². The number of thioether (sulfide) groups is 1. The van der Waals surface area contributed by atoms with Crippen LogP contribution < -0.4 is 5.32 Å². The van der Waals surface area contributed by atoms with Crippen molar-refractivity contribution in [2.75, 3.05) is 12.3 Å². The van der Waals surface area contributed by atoms with Crippen LogP contribution in [0.4, 0.5) is 0 Å². The quantitative estimate of drug-likeness (QED) is 0.750. The fraction of sp³-hybridized carbons (Fsp3) is 0.600. The predicted octanol–water partition coefficient (Wildman–Crippen LogP) is 4.85. The molecule has 0 bridgehead atoms. The van der Waals surface area contributed by atoms with Gasteiger partial charge in [0.15, 0.2) is 0 Å². The maximum absolute atomic E-state index is 6.00. The summed E-state index contributed by atoms with van der Waals surface area (Å²) >= 11 is 7.88. The normalized spacial score (nSPS) is 13.6. The molecular weight excluding hydrogens is 262 g/mol. The second-order valence-electron chi connectivity index (χ2n) is 5.64. The summed E-state index contributed by atoms with van der Waals surface area (Å²) in [5.41, 5.74) is 0.279. The lowest BCUT2D eigenvalue weighted by Crippen LogP contribution is -2.42. The van der Waals surface area contributed by atoms with Crippen LogP contribution in [0.1, 0.15) is 34.1 Å². The first kappa shape index (κ1) is 15.9. The van der Waals surface area contributed by atoms with Crippen LogP contribution >= 0.6 is 23.4 Å². The van der Waals surface area contributed by atoms with Crippen LogP contribution in [0.15, 0.2) is 29.2 Å². The molecule has 3 heteroatoms. The lowest BCUT2D eigenvalue weighted by molar-refractivity contribution is 0.292. The highest BCUT2D eigenvalue weighted by molar-refractivity contribution is 7.99. The Kier molecular flexibility index (Phi) is 6.54. The molecule has 1 rings (SSSR count). The van der Waals surface area contributed by atoms with Crippen molar-refractivity contribution in [3.8, 4) is 0 Å². The van der Waals surface area contributed by atoms with E-state index < -0.39 is 0 Å². The fourth-order valence-corrected chi connectivity index (χ4v) is 3.29. The zero-order chi connectivity index (χ0) is 13.6. The van der Waals surface area contributed by atoms with Crippen LogP contribution in [0.5, 0.6) is 0 Å². The first-order valence-electron chi connectivity index (χ1n) is 6.55. The van der Waals surface area contributed by atoms with Crippen LogP contribution in [0.25, 0.3) is 0 Å². The van der Waals surface area contributed by atoms with E-state index in [-0.39, 0.29) is 5.41 Å². The molecule has 0 aromatic heterocycles. The van der Waals surface area contributed by atoms with Crippen molar-refractivity contribution in [2.45, 2.75) is 45.1 Å². The molecule has 0 amide bonds. The minimum atomic E-state index is 0.279. The van der Waals surface area contributed by atoms with E-state index in [2.05, 4.69) is 39.1 Å². The lowest BCUT2D eigenvalue weighted by atomic mass is 9.88. The average Bonchev–Trinajstić information content (AvgIpc) is 2.27. The third kappa shape index (κ3) is 5.64. The molecule has 1 aromatic carbocycles. The van der Waals surface area contributed by atoms with Crippen molar-refractivity contribution in [3.63, 3.8) is 0 Å². The van der Waals surface area contributed by atoms with Gasteiger partial charge in [-0.25, -0.2) is 0 Å². The Morgan fingerprint density at radius 2 is 2.06 bits per heavy atom. The van der Waals surface area contributed by atoms with E-state index in [1.165, 1.54) is 11.3 Å². The summed E-state index contributed by atoms with van der Waals surface area (Å²) in [4.78, 5) is 1.25. The number of hydrogen-bond acceptors (Lipinski definition) is 2. The molecule has 0 fully saturated rings. The molecule has 0 saturated carbocycles. The number of rotatable bonds is 6. The highest BCUT2D eigenvalue weighted by atomic mass is 35.5. The molecule has 0 aliphatic rings. The Morgan fingerprint density at radius 3 is 2.61 bits per heavy atom. The van der Waals surface area contributed by atoms with Crippen LogP contribution in [-0.2, 0) is 0 Å². The van der Waals surface area contributed by atoms with Gasteiger partial charge in [-0.2, -0.15) is 0 Å². The van der Waals surface area contributed by atoms with Gasteiger partial charge in [0.25, 0.3) is 0 Å². The van der Waals surface area contributed by atoms with E-state index in [4.69, 9.17) is 11.6 Å². The third-order valence-corrected chi connectivity index (χ3v) is 4.22. The number of benzene rings is 1. The number of nitrogens with one attached hydrogen (secondary N) is 1. The Balaban J connectivity index is 2.56. The minimum Gasteiger partial charge on any atom is -0.313 e. The molecule has 1 N–H and O–H groups in total. The molecule has 102 valence electrons. The summed E-state index contributed by atoms with van der Waals surface area (Å²) in [5, 5.41) is 4.45. The predicted molar refractivity (Wildman–Crippen MR) is 83.7 cm³/mol. The maximum Gasteiger partial charge on any atom is 0.0417 e. The van der Waals surface area contributed by atoms with Gasteiger partial charge in [-0.1, -0.05) is 45.4 Å². The van der Waals surface area contributed by atoms with Crippen LogP contribution in [0, 0.1) is 5.41 Å². The van der Waals surface area contributed by atoms with Gasteiger partial charge in [-0.15, -0.1) is 11.8 Å². The number of halogens is 1. The molecule has 0 aliphatic heterocycles. The number of hydrogen-bond donors (Lipinski definition) is 1. The molecule has 1 atom stereocenters. The smallest absolute Gasteiger partial charge is 0.0417 e. The van der Waals surface area contributed by atoms with Gasteiger partial charge >= 0.3 is 0 Å². The Morgan fingerprint density at radius 1 is 1.33 bits per heavy atom. The van der Waals surface area contributed by atoms with Gasteiger partial charge in [0.1, 0.15) is 0 Å². The lowest BCUT2D eigenvalue weighted by Gasteiger charge is -2.31. The fourth-order valence-electron chi connectivity index (χ4n) is 1.67. The van der Waals surface area contributed by atoms with Crippen molar-refractivity contribution in [1.29, 1.82) is 0 Å². The Labute approximate surface area is 121 Å². The van der Waals surface area contributed by atoms with E-state index in [1.54, 1.807) is 0 Å². The highest BCUT2D eigenvalue weighted by Gasteiger charge is 2.23. The molecule has 0 aliphatic carbocycles. The minimum absolute atomic E-state index is 0.279. The second kappa shape index (κ2) is 7.42. The topological polar surface area (TPSA) is 12.0 Å². The molecule has 0 saturated heterocycles. The van der Waals surface area contributed by atoms with Crippen LogP contribution in [0.2, 0.25) is 5.02 Å². The third-order valence-electron chi connectivity index (χ3n) is 2.90. The van der Waals surface area contributed by atoms with E-state index in [9.17, 15) is 0 Å². The van der Waals surface area contributed by atoms with Crippen molar-refractivity contribution >= 4 is 23.4 Å². The highest BCUT2D eigenvalue weighted by Crippen LogP contribution is 2.27. The maximum atomic E-state index is 6.00. The summed E-state index contributed by atoms with van der Waals surface area (Å²) in [6, 6.07) is 8.60. The first-order chi connectivity index (χ1) is 8.43. The van der Waals surface area contributed by atoms with Crippen molar-refractivity contribution in [3.05, 3.63) is 29.3 Å². The zero-order valence-electron chi connectivity index (χ0n) is 11.8. The van der Waals surface area contributed by atoms with Crippen molar-refractivity contribution in [2.24, 2.45) is 5.41 Å². The van der Waals surface area contributed by atoms with Gasteiger partial charge in [0.2, 0.25) is 0 Å². The molecule has 18 heavy (non-hydrogen) atoms. The molecular formula is C15H24ClNS. The van der Waals surface area contributed by atoms with E-state index in [0.29, 0.717) is 6.04 Å². The van der Waals surface area contributed by atoms with Crippen molar-refractivity contribution in [1.82, 2.24) is 5.32 Å². The summed E-state index contributed by atoms with van der Waals surface area (Å²) in [5.74, 6) is 1.07. The molecule has 0 heterocycles. The molecule has 0 spiro atoms. The Bertz CT molecular complexity index is 360. The summed E-state index contributed by atoms with van der Waals surface area (Å²) in [6.45, 7) is 10.2. The molecule has 1 nitrogen and oxygen atoms in total. The largest absolute Gasteiger partial charge is 0.313 e. The standard InChI is InChI=1S/C15H24ClNS/c1-5-9-17-14(15(2,3)4)11-18-13-8-6-7-12(16)10-13/h6-8,10,14,17H,5,9,11H2,1-4H3. The average molecular weight is 286 g/mol. The monoisotopic (exact) mass is 285 g/mol. The van der Waals surface area contributed by atoms with Gasteiger partial charge in [-0.05, 0) is 36.6 Å². The Hall–Kier alpha value is -0.180. The molecule has 1 unspecified atom stereocenters. The van der Waals surface area contributed by atoms with E-state index in [1.807, 2.05) is 30.0 Å². The van der Waals surface area contributed by atoms with E-state index >= 15 is 0 Å².